The number of hydrogen-bond donors (Lipinski definition) is 1. The van der Waals surface area contributed by atoms with Gasteiger partial charge in [0.1, 0.15) is 5.65 Å². The molecule has 3 aromatic heterocycles. The van der Waals surface area contributed by atoms with Gasteiger partial charge in [0.2, 0.25) is 0 Å². The van der Waals surface area contributed by atoms with E-state index in [1.807, 2.05) is 10.6 Å². The summed E-state index contributed by atoms with van der Waals surface area (Å²) in [6.07, 6.45) is 7.88. The summed E-state index contributed by atoms with van der Waals surface area (Å²) in [5.74, 6) is -0.0436. The number of hydrogen-bond acceptors (Lipinski definition) is 4. The van der Waals surface area contributed by atoms with Gasteiger partial charge in [0.05, 0.1) is 24.3 Å². The van der Waals surface area contributed by atoms with E-state index in [2.05, 4.69) is 27.6 Å². The molecule has 0 aromatic carbocycles. The predicted octanol–water partition coefficient (Wildman–Crippen LogP) is 2.29. The summed E-state index contributed by atoms with van der Waals surface area (Å²) in [7, 11) is 0. The van der Waals surface area contributed by atoms with Gasteiger partial charge in [0.15, 0.2) is 5.69 Å². The quantitative estimate of drug-likeness (QED) is 0.725. The molecule has 0 radical (unpaired) electrons. The van der Waals surface area contributed by atoms with E-state index in [4.69, 9.17) is 16.7 Å². The third kappa shape index (κ3) is 2.68. The minimum Gasteiger partial charge on any atom is -0.476 e. The Morgan fingerprint density at radius 3 is 2.83 bits per heavy atom. The smallest absolute Gasteiger partial charge is 0.358 e. The lowest BCUT2D eigenvalue weighted by atomic mass is 10.1. The summed E-state index contributed by atoms with van der Waals surface area (Å²) in [4.78, 5) is 15.4. The zero-order valence-electron chi connectivity index (χ0n) is 12.2. The Labute approximate surface area is 136 Å². The summed E-state index contributed by atoms with van der Waals surface area (Å²) in [5, 5.41) is 16.3. The van der Waals surface area contributed by atoms with Gasteiger partial charge >= 0.3 is 5.97 Å². The van der Waals surface area contributed by atoms with E-state index in [1.54, 1.807) is 0 Å². The fourth-order valence-corrected chi connectivity index (χ4v) is 2.89. The molecule has 3 heterocycles. The Hall–Kier alpha value is -2.41. The van der Waals surface area contributed by atoms with Gasteiger partial charge in [-0.3, -0.25) is 0 Å². The van der Waals surface area contributed by atoms with Crippen LogP contribution in [0.15, 0.2) is 24.7 Å². The Morgan fingerprint density at radius 2 is 2.17 bits per heavy atom. The maximum Gasteiger partial charge on any atom is 0.358 e. The second-order valence-electron chi connectivity index (χ2n) is 5.78. The highest BCUT2D eigenvalue weighted by molar-refractivity contribution is 6.17. The van der Waals surface area contributed by atoms with Crippen molar-refractivity contribution in [2.75, 3.05) is 0 Å². The molecule has 8 heteroatoms. The predicted molar refractivity (Wildman–Crippen MR) is 82.8 cm³/mol. The van der Waals surface area contributed by atoms with E-state index in [1.165, 1.54) is 29.3 Å². The first-order valence-electron chi connectivity index (χ1n) is 7.34. The Balaban J connectivity index is 1.68. The van der Waals surface area contributed by atoms with Crippen LogP contribution in [0.2, 0.25) is 0 Å². The van der Waals surface area contributed by atoms with E-state index in [0.29, 0.717) is 18.3 Å². The number of nitrogens with zero attached hydrogens (tertiary/aromatic N) is 5. The summed E-state index contributed by atoms with van der Waals surface area (Å²) < 4.78 is 3.46. The topological polar surface area (TPSA) is 85.3 Å². The molecule has 1 aliphatic rings. The maximum atomic E-state index is 10.8. The maximum absolute atomic E-state index is 10.8. The van der Waals surface area contributed by atoms with Gasteiger partial charge < -0.3 is 9.51 Å². The third-order valence-electron chi connectivity index (χ3n) is 3.97. The number of carbonyl (C=O) groups is 1. The molecule has 0 aliphatic heterocycles. The van der Waals surface area contributed by atoms with E-state index in [0.717, 1.165) is 16.9 Å². The Bertz CT molecular complexity index is 897. The zero-order chi connectivity index (χ0) is 16.0. The van der Waals surface area contributed by atoms with Crippen LogP contribution in [0, 0.1) is 0 Å². The van der Waals surface area contributed by atoms with E-state index >= 15 is 0 Å². The molecule has 0 spiro atoms. The molecule has 1 aliphatic carbocycles. The third-order valence-corrected chi connectivity index (χ3v) is 4.26. The molecule has 4 rings (SSSR count). The van der Waals surface area contributed by atoms with Crippen molar-refractivity contribution in [2.24, 2.45) is 0 Å². The molecule has 0 saturated heterocycles. The molecule has 0 amide bonds. The highest BCUT2D eigenvalue weighted by atomic mass is 35.5. The number of imidazole rings is 1. The van der Waals surface area contributed by atoms with Crippen molar-refractivity contribution in [3.63, 3.8) is 0 Å². The number of rotatable bonds is 5. The molecule has 0 bridgehead atoms. The monoisotopic (exact) mass is 331 g/mol. The van der Waals surface area contributed by atoms with Crippen LogP contribution >= 0.6 is 11.6 Å². The van der Waals surface area contributed by atoms with Crippen LogP contribution in [0.4, 0.5) is 0 Å². The summed E-state index contributed by atoms with van der Waals surface area (Å²) in [6, 6.07) is 2.13. The molecular formula is C15H14ClN5O2. The number of carboxylic acid groups (broad SMARTS) is 1. The molecule has 0 atom stereocenters. The van der Waals surface area contributed by atoms with Crippen LogP contribution in [0.1, 0.15) is 46.1 Å². The summed E-state index contributed by atoms with van der Waals surface area (Å²) in [6.45, 7) is 0.364. The van der Waals surface area contributed by atoms with Gasteiger partial charge in [-0.25, -0.2) is 14.5 Å². The first kappa shape index (κ1) is 14.2. The lowest BCUT2D eigenvalue weighted by Gasteiger charge is -2.04. The molecule has 1 fully saturated rings. The van der Waals surface area contributed by atoms with Gasteiger partial charge in [-0.15, -0.1) is 16.7 Å². The molecule has 3 aromatic rings. The van der Waals surface area contributed by atoms with Crippen molar-refractivity contribution < 1.29 is 9.90 Å². The fourth-order valence-electron chi connectivity index (χ4n) is 2.70. The van der Waals surface area contributed by atoms with Gasteiger partial charge in [0.25, 0.3) is 0 Å². The van der Waals surface area contributed by atoms with Crippen molar-refractivity contribution in [1.82, 2.24) is 24.4 Å². The average molecular weight is 332 g/mol. The number of alkyl halides is 1. The van der Waals surface area contributed by atoms with E-state index < -0.39 is 5.97 Å². The number of aromatic carboxylic acids is 1. The first-order valence-corrected chi connectivity index (χ1v) is 7.87. The zero-order valence-corrected chi connectivity index (χ0v) is 12.9. The SMILES string of the molecule is O=C(O)c1cn(Cc2cn3cc(C4CC4)cc(CCl)c3n2)nn1. The molecule has 7 nitrogen and oxygen atoms in total. The molecular weight excluding hydrogens is 318 g/mol. The van der Waals surface area contributed by atoms with Gasteiger partial charge in [0, 0.05) is 18.0 Å². The molecule has 23 heavy (non-hydrogen) atoms. The first-order chi connectivity index (χ1) is 11.1. The van der Waals surface area contributed by atoms with Crippen molar-refractivity contribution in [3.8, 4) is 0 Å². The van der Waals surface area contributed by atoms with Crippen LogP contribution in [0.25, 0.3) is 5.65 Å². The minimum atomic E-state index is -1.09. The minimum absolute atomic E-state index is 0.0776. The van der Waals surface area contributed by atoms with Crippen molar-refractivity contribution in [2.45, 2.75) is 31.2 Å². The normalized spacial score (nSPS) is 14.5. The fraction of sp³-hybridized carbons (Fsp3) is 0.333. The average Bonchev–Trinajstić information content (AvgIpc) is 3.14. The highest BCUT2D eigenvalue weighted by Gasteiger charge is 2.25. The lowest BCUT2D eigenvalue weighted by molar-refractivity contribution is 0.0690. The molecule has 118 valence electrons. The van der Waals surface area contributed by atoms with E-state index in [-0.39, 0.29) is 5.69 Å². The molecule has 1 saturated carbocycles. The Kier molecular flexibility index (Phi) is 3.30. The number of halogens is 1. The number of pyridine rings is 1. The number of carboxylic acids is 1. The Morgan fingerprint density at radius 1 is 1.35 bits per heavy atom. The number of fused-ring (bicyclic) bond motifs is 1. The molecule has 0 unspecified atom stereocenters. The standard InChI is InChI=1S/C15H14ClN5O2/c16-4-10-3-11(9-1-2-9)5-20-6-12(17-14(10)20)7-21-8-13(15(22)23)18-19-21/h3,5-6,8-9H,1-2,4,7H2,(H,22,23). The van der Waals surface area contributed by atoms with Gasteiger partial charge in [-0.2, -0.15) is 0 Å². The molecule has 1 N–H and O–H groups in total. The lowest BCUT2D eigenvalue weighted by Crippen LogP contribution is -2.00. The van der Waals surface area contributed by atoms with Crippen LogP contribution in [-0.4, -0.2) is 35.5 Å². The second-order valence-corrected chi connectivity index (χ2v) is 6.04. The van der Waals surface area contributed by atoms with Gasteiger partial charge in [-0.1, -0.05) is 5.21 Å². The van der Waals surface area contributed by atoms with Gasteiger partial charge in [-0.05, 0) is 30.4 Å². The van der Waals surface area contributed by atoms with Crippen LogP contribution < -0.4 is 0 Å². The summed E-state index contributed by atoms with van der Waals surface area (Å²) >= 11 is 6.06. The van der Waals surface area contributed by atoms with Crippen LogP contribution in [-0.2, 0) is 12.4 Å². The number of aromatic nitrogens is 5. The summed E-state index contributed by atoms with van der Waals surface area (Å²) in [5.41, 5.74) is 3.84. The van der Waals surface area contributed by atoms with Crippen LogP contribution in [0.5, 0.6) is 0 Å². The van der Waals surface area contributed by atoms with Crippen LogP contribution in [0.3, 0.4) is 0 Å². The van der Waals surface area contributed by atoms with Crippen molar-refractivity contribution >= 4 is 23.2 Å². The van der Waals surface area contributed by atoms with E-state index in [9.17, 15) is 4.79 Å². The largest absolute Gasteiger partial charge is 0.476 e. The second kappa shape index (κ2) is 5.34. The van der Waals surface area contributed by atoms with Crippen molar-refractivity contribution in [3.05, 3.63) is 47.2 Å². The highest BCUT2D eigenvalue weighted by Crippen LogP contribution is 2.40. The van der Waals surface area contributed by atoms with Crippen molar-refractivity contribution in [1.29, 1.82) is 0 Å².